The van der Waals surface area contributed by atoms with E-state index in [-0.39, 0.29) is 24.2 Å². The lowest BCUT2D eigenvalue weighted by atomic mass is 9.91. The van der Waals surface area contributed by atoms with E-state index in [0.29, 0.717) is 24.8 Å². The van der Waals surface area contributed by atoms with Crippen LogP contribution in [0.4, 0.5) is 5.13 Å². The van der Waals surface area contributed by atoms with Gasteiger partial charge in [0.1, 0.15) is 5.75 Å². The van der Waals surface area contributed by atoms with Crippen LogP contribution >= 0.6 is 11.3 Å². The summed E-state index contributed by atoms with van der Waals surface area (Å²) in [7, 11) is 0. The van der Waals surface area contributed by atoms with E-state index in [9.17, 15) is 9.59 Å². The fraction of sp³-hybridized carbons (Fsp3) is 0.421. The highest BCUT2D eigenvalue weighted by Crippen LogP contribution is 2.33. The van der Waals surface area contributed by atoms with Gasteiger partial charge in [0, 0.05) is 4.88 Å². The molecule has 1 unspecified atom stereocenters. The minimum Gasteiger partial charge on any atom is -0.493 e. The van der Waals surface area contributed by atoms with Crippen molar-refractivity contribution in [1.29, 1.82) is 0 Å². The third-order valence-electron chi connectivity index (χ3n) is 4.15. The number of hydrogen-bond acceptors (Lipinski definition) is 6. The summed E-state index contributed by atoms with van der Waals surface area (Å²) in [5.41, 5.74) is 0.978. The van der Waals surface area contributed by atoms with Crippen molar-refractivity contribution in [3.8, 4) is 5.75 Å². The molecular formula is C19H22N2O4S. The van der Waals surface area contributed by atoms with Crippen molar-refractivity contribution in [1.82, 2.24) is 4.98 Å². The van der Waals surface area contributed by atoms with E-state index < -0.39 is 0 Å². The monoisotopic (exact) mass is 374 g/mol. The average molecular weight is 374 g/mol. The summed E-state index contributed by atoms with van der Waals surface area (Å²) in [6, 6.07) is 9.40. The Kier molecular flexibility index (Phi) is 6.22. The number of aryl methyl sites for hydroxylation is 1. The van der Waals surface area contributed by atoms with Crippen molar-refractivity contribution in [2.45, 2.75) is 32.6 Å². The maximum Gasteiger partial charge on any atom is 0.309 e. The maximum atomic E-state index is 12.1. The molecule has 0 saturated heterocycles. The van der Waals surface area contributed by atoms with Gasteiger partial charge in [-0.25, -0.2) is 4.98 Å². The molecule has 138 valence electrons. The van der Waals surface area contributed by atoms with Crippen molar-refractivity contribution in [2.75, 3.05) is 18.5 Å². The van der Waals surface area contributed by atoms with Crippen molar-refractivity contribution in [2.24, 2.45) is 5.92 Å². The first-order valence-corrected chi connectivity index (χ1v) is 9.60. The molecule has 6 nitrogen and oxygen atoms in total. The zero-order chi connectivity index (χ0) is 18.4. The average Bonchev–Trinajstić information content (AvgIpc) is 3.04. The molecule has 1 aromatic carbocycles. The summed E-state index contributed by atoms with van der Waals surface area (Å²) >= 11 is 1.44. The molecule has 1 aromatic heterocycles. The highest BCUT2D eigenvalue weighted by Gasteiger charge is 2.28. The number of anilines is 1. The highest BCUT2D eigenvalue weighted by atomic mass is 32.1. The molecule has 0 saturated carbocycles. The number of rotatable bonds is 7. The Labute approximate surface area is 156 Å². The molecule has 26 heavy (non-hydrogen) atoms. The lowest BCUT2D eigenvalue weighted by Crippen LogP contribution is -2.24. The molecule has 0 aliphatic heterocycles. The van der Waals surface area contributed by atoms with E-state index >= 15 is 0 Å². The summed E-state index contributed by atoms with van der Waals surface area (Å²) in [5.74, 6) is 0.366. The van der Waals surface area contributed by atoms with Gasteiger partial charge in [0.05, 0.1) is 31.2 Å². The first kappa shape index (κ1) is 18.4. The van der Waals surface area contributed by atoms with Gasteiger partial charge in [0.15, 0.2) is 5.13 Å². The Hall–Kier alpha value is -2.41. The number of nitrogens with one attached hydrogen (secondary N) is 1. The highest BCUT2D eigenvalue weighted by molar-refractivity contribution is 7.15. The topological polar surface area (TPSA) is 77.5 Å². The fourth-order valence-corrected chi connectivity index (χ4v) is 3.95. The molecule has 0 radical (unpaired) electrons. The lowest BCUT2D eigenvalue weighted by molar-refractivity contribution is -0.148. The van der Waals surface area contributed by atoms with E-state index in [2.05, 4.69) is 10.3 Å². The molecule has 0 spiro atoms. The van der Waals surface area contributed by atoms with Gasteiger partial charge in [-0.2, -0.15) is 0 Å². The number of benzene rings is 1. The molecular weight excluding hydrogens is 352 g/mol. The van der Waals surface area contributed by atoms with Crippen LogP contribution in [0, 0.1) is 5.92 Å². The minimum absolute atomic E-state index is 0.106. The number of fused-ring (bicyclic) bond motifs is 1. The number of hydrogen-bond donors (Lipinski definition) is 1. The van der Waals surface area contributed by atoms with Gasteiger partial charge in [0.25, 0.3) is 0 Å². The van der Waals surface area contributed by atoms with Crippen LogP contribution in [0.25, 0.3) is 0 Å². The molecule has 1 amide bonds. The van der Waals surface area contributed by atoms with Crippen molar-refractivity contribution in [3.05, 3.63) is 40.9 Å². The quantitative estimate of drug-likeness (QED) is 0.753. The van der Waals surface area contributed by atoms with E-state index in [1.54, 1.807) is 0 Å². The molecule has 1 heterocycles. The Morgan fingerprint density at radius 1 is 1.31 bits per heavy atom. The van der Waals surface area contributed by atoms with Crippen molar-refractivity contribution < 1.29 is 19.1 Å². The number of amides is 1. The zero-order valence-electron chi connectivity index (χ0n) is 14.7. The van der Waals surface area contributed by atoms with Crippen LogP contribution < -0.4 is 10.1 Å². The van der Waals surface area contributed by atoms with Crippen LogP contribution in [0.1, 0.15) is 30.3 Å². The van der Waals surface area contributed by atoms with E-state index in [1.165, 1.54) is 11.3 Å². The zero-order valence-corrected chi connectivity index (χ0v) is 15.5. The van der Waals surface area contributed by atoms with E-state index in [1.807, 2.05) is 37.3 Å². The largest absolute Gasteiger partial charge is 0.493 e. The molecule has 7 heteroatoms. The van der Waals surface area contributed by atoms with Gasteiger partial charge in [0.2, 0.25) is 5.91 Å². The van der Waals surface area contributed by atoms with Crippen molar-refractivity contribution in [3.63, 3.8) is 0 Å². The van der Waals surface area contributed by atoms with Gasteiger partial charge < -0.3 is 14.8 Å². The van der Waals surface area contributed by atoms with Gasteiger partial charge >= 0.3 is 5.97 Å². The second kappa shape index (κ2) is 8.80. The minimum atomic E-state index is -0.143. The number of thiazole rings is 1. The Balaban J connectivity index is 1.49. The number of para-hydroxylation sites is 1. The van der Waals surface area contributed by atoms with E-state index in [0.717, 1.165) is 29.2 Å². The Bertz CT molecular complexity index is 760. The van der Waals surface area contributed by atoms with Gasteiger partial charge in [-0.1, -0.05) is 18.2 Å². The number of esters is 1. The van der Waals surface area contributed by atoms with E-state index in [4.69, 9.17) is 9.47 Å². The molecule has 1 aliphatic rings. The third kappa shape index (κ3) is 4.82. The number of carbonyl (C=O) groups excluding carboxylic acids is 2. The molecule has 0 fully saturated rings. The van der Waals surface area contributed by atoms with Gasteiger partial charge in [-0.3, -0.25) is 9.59 Å². The lowest BCUT2D eigenvalue weighted by Gasteiger charge is -2.18. The Morgan fingerprint density at radius 3 is 2.88 bits per heavy atom. The molecule has 1 atom stereocenters. The smallest absolute Gasteiger partial charge is 0.309 e. The SMILES string of the molecule is CCOC(=O)C1CCc2nc(NC(=O)CCOc3ccccc3)sc2C1. The third-order valence-corrected chi connectivity index (χ3v) is 5.18. The second-order valence-electron chi connectivity index (χ2n) is 6.04. The van der Waals surface area contributed by atoms with Gasteiger partial charge in [-0.15, -0.1) is 11.3 Å². The molecule has 1 aliphatic carbocycles. The number of ether oxygens (including phenoxy) is 2. The first-order valence-electron chi connectivity index (χ1n) is 8.78. The molecule has 1 N–H and O–H groups in total. The summed E-state index contributed by atoms with van der Waals surface area (Å²) in [6.07, 6.45) is 2.37. The standard InChI is InChI=1S/C19H22N2O4S/c1-2-24-18(23)13-8-9-15-16(12-13)26-19(20-15)21-17(22)10-11-25-14-6-4-3-5-7-14/h3-7,13H,2,8-12H2,1H3,(H,20,21,22). The molecule has 0 bridgehead atoms. The van der Waals surface area contributed by atoms with Crippen molar-refractivity contribution >= 4 is 28.3 Å². The van der Waals surface area contributed by atoms with Crippen LogP contribution in [-0.4, -0.2) is 30.1 Å². The molecule has 2 aromatic rings. The summed E-state index contributed by atoms with van der Waals surface area (Å²) < 4.78 is 10.6. The van der Waals surface area contributed by atoms with Gasteiger partial charge in [-0.05, 0) is 38.3 Å². The summed E-state index contributed by atoms with van der Waals surface area (Å²) in [6.45, 7) is 2.52. The van der Waals surface area contributed by atoms with Crippen LogP contribution in [0.15, 0.2) is 30.3 Å². The maximum absolute atomic E-state index is 12.1. The number of carbonyl (C=O) groups is 2. The Morgan fingerprint density at radius 2 is 2.12 bits per heavy atom. The summed E-state index contributed by atoms with van der Waals surface area (Å²) in [4.78, 5) is 29.5. The first-order chi connectivity index (χ1) is 12.7. The van der Waals surface area contributed by atoms with Crippen LogP contribution in [-0.2, 0) is 27.2 Å². The predicted molar refractivity (Wildman–Crippen MR) is 99.4 cm³/mol. The second-order valence-corrected chi connectivity index (χ2v) is 7.12. The molecule has 3 rings (SSSR count). The van der Waals surface area contributed by atoms with Crippen LogP contribution in [0.5, 0.6) is 5.75 Å². The summed E-state index contributed by atoms with van der Waals surface area (Å²) in [5, 5.41) is 3.41. The van der Waals surface area contributed by atoms with Crippen LogP contribution in [0.2, 0.25) is 0 Å². The number of nitrogens with zero attached hydrogens (tertiary/aromatic N) is 1. The number of aromatic nitrogens is 1. The normalized spacial score (nSPS) is 15.8. The fourth-order valence-electron chi connectivity index (χ4n) is 2.85. The predicted octanol–water partition coefficient (Wildman–Crippen LogP) is 3.22. The van der Waals surface area contributed by atoms with Crippen LogP contribution in [0.3, 0.4) is 0 Å².